The van der Waals surface area contributed by atoms with Gasteiger partial charge in [-0.15, -0.1) is 0 Å². The van der Waals surface area contributed by atoms with Crippen LogP contribution in [0.15, 0.2) is 12.1 Å². The van der Waals surface area contributed by atoms with Gasteiger partial charge in [0.05, 0.1) is 19.8 Å². The molecular formula is C19H26N2O3. The summed E-state index contributed by atoms with van der Waals surface area (Å²) in [6, 6.07) is 4.60. The molecule has 2 fully saturated rings. The highest BCUT2D eigenvalue weighted by Crippen LogP contribution is 2.33. The summed E-state index contributed by atoms with van der Waals surface area (Å²) < 4.78 is 11.2. The smallest absolute Gasteiger partial charge is 0.254 e. The Balaban J connectivity index is 1.43. The van der Waals surface area contributed by atoms with Crippen molar-refractivity contribution in [2.24, 2.45) is 0 Å². The summed E-state index contributed by atoms with van der Waals surface area (Å²) in [7, 11) is 0. The normalized spacial score (nSPS) is 22.3. The Morgan fingerprint density at radius 1 is 1.08 bits per heavy atom. The fraction of sp³-hybridized carbons (Fsp3) is 0.632. The van der Waals surface area contributed by atoms with E-state index in [-0.39, 0.29) is 5.91 Å². The molecule has 3 heterocycles. The van der Waals surface area contributed by atoms with E-state index < -0.39 is 0 Å². The Morgan fingerprint density at radius 3 is 2.58 bits per heavy atom. The molecule has 3 aliphatic heterocycles. The fourth-order valence-electron chi connectivity index (χ4n) is 4.20. The number of ether oxygens (including phenoxy) is 2. The van der Waals surface area contributed by atoms with Crippen molar-refractivity contribution in [3.05, 3.63) is 28.8 Å². The Labute approximate surface area is 143 Å². The molecule has 1 aromatic carbocycles. The van der Waals surface area contributed by atoms with Gasteiger partial charge in [-0.25, -0.2) is 0 Å². The van der Waals surface area contributed by atoms with Crippen LogP contribution in [-0.2, 0) is 11.2 Å². The van der Waals surface area contributed by atoms with Gasteiger partial charge in [0.1, 0.15) is 5.75 Å². The number of nitrogens with zero attached hydrogens (tertiary/aromatic N) is 2. The van der Waals surface area contributed by atoms with E-state index in [0.717, 1.165) is 81.1 Å². The average molecular weight is 330 g/mol. The number of fused-ring (bicyclic) bond motifs is 1. The number of piperidine rings is 1. The zero-order valence-electron chi connectivity index (χ0n) is 14.4. The van der Waals surface area contributed by atoms with Crippen LogP contribution in [0.3, 0.4) is 0 Å². The van der Waals surface area contributed by atoms with Crippen LogP contribution in [0, 0.1) is 6.92 Å². The van der Waals surface area contributed by atoms with Crippen molar-refractivity contribution < 1.29 is 14.3 Å². The number of amides is 1. The summed E-state index contributed by atoms with van der Waals surface area (Å²) in [5, 5.41) is 0. The first kappa shape index (κ1) is 15.9. The van der Waals surface area contributed by atoms with Gasteiger partial charge in [-0.3, -0.25) is 9.69 Å². The molecule has 0 N–H and O–H groups in total. The summed E-state index contributed by atoms with van der Waals surface area (Å²) in [5.74, 6) is 1.11. The highest BCUT2D eigenvalue weighted by atomic mass is 16.5. The number of benzene rings is 1. The lowest BCUT2D eigenvalue weighted by Crippen LogP contribution is -2.50. The molecule has 0 unspecified atom stereocenters. The third-order valence-corrected chi connectivity index (χ3v) is 5.60. The topological polar surface area (TPSA) is 42.0 Å². The molecule has 5 heteroatoms. The highest BCUT2D eigenvalue weighted by Gasteiger charge is 2.30. The molecule has 0 atom stereocenters. The van der Waals surface area contributed by atoms with Crippen molar-refractivity contribution in [3.63, 3.8) is 0 Å². The fourth-order valence-corrected chi connectivity index (χ4v) is 4.20. The molecule has 0 aliphatic carbocycles. The SMILES string of the molecule is Cc1ccc(C(=O)N2CCC(N3CCOCC3)CC2)c2c1OCC2. The van der Waals surface area contributed by atoms with Crippen LogP contribution >= 0.6 is 0 Å². The number of rotatable bonds is 2. The van der Waals surface area contributed by atoms with Crippen molar-refractivity contribution in [3.8, 4) is 5.75 Å². The minimum Gasteiger partial charge on any atom is -0.493 e. The summed E-state index contributed by atoms with van der Waals surface area (Å²) in [6.07, 6.45) is 2.98. The van der Waals surface area contributed by atoms with Gasteiger partial charge >= 0.3 is 0 Å². The van der Waals surface area contributed by atoms with Gasteiger partial charge in [0.25, 0.3) is 5.91 Å². The monoisotopic (exact) mass is 330 g/mol. The number of hydrogen-bond donors (Lipinski definition) is 0. The third kappa shape index (κ3) is 2.91. The van der Waals surface area contributed by atoms with E-state index in [2.05, 4.69) is 4.90 Å². The van der Waals surface area contributed by atoms with Crippen LogP contribution < -0.4 is 4.74 Å². The standard InChI is InChI=1S/C19H26N2O3/c1-14-2-3-17(16-6-11-24-18(14)16)19(22)21-7-4-15(5-8-21)20-9-12-23-13-10-20/h2-3,15H,4-13H2,1H3. The number of aryl methyl sites for hydroxylation is 1. The maximum absolute atomic E-state index is 13.0. The molecule has 24 heavy (non-hydrogen) atoms. The first-order chi connectivity index (χ1) is 11.7. The molecule has 2 saturated heterocycles. The second-order valence-electron chi connectivity index (χ2n) is 7.01. The largest absolute Gasteiger partial charge is 0.493 e. The van der Waals surface area contributed by atoms with Crippen LogP contribution in [0.5, 0.6) is 5.75 Å². The highest BCUT2D eigenvalue weighted by molar-refractivity contribution is 5.96. The maximum Gasteiger partial charge on any atom is 0.254 e. The molecule has 0 bridgehead atoms. The van der Waals surface area contributed by atoms with Gasteiger partial charge in [0, 0.05) is 49.8 Å². The lowest BCUT2D eigenvalue weighted by atomic mass is 9.98. The van der Waals surface area contributed by atoms with Crippen LogP contribution in [0.25, 0.3) is 0 Å². The molecule has 5 nitrogen and oxygen atoms in total. The van der Waals surface area contributed by atoms with E-state index in [4.69, 9.17) is 9.47 Å². The Hall–Kier alpha value is -1.59. The molecule has 1 aromatic rings. The van der Waals surface area contributed by atoms with E-state index in [1.807, 2.05) is 24.0 Å². The van der Waals surface area contributed by atoms with E-state index in [0.29, 0.717) is 12.6 Å². The quantitative estimate of drug-likeness (QED) is 0.830. The Kier molecular flexibility index (Phi) is 4.46. The minimum atomic E-state index is 0.178. The summed E-state index contributed by atoms with van der Waals surface area (Å²) in [5.41, 5.74) is 3.08. The second kappa shape index (κ2) is 6.73. The van der Waals surface area contributed by atoms with E-state index in [1.54, 1.807) is 0 Å². The molecule has 130 valence electrons. The number of carbonyl (C=O) groups excluding carboxylic acids is 1. The predicted molar refractivity (Wildman–Crippen MR) is 91.7 cm³/mol. The minimum absolute atomic E-state index is 0.178. The zero-order chi connectivity index (χ0) is 16.5. The molecule has 0 radical (unpaired) electrons. The van der Waals surface area contributed by atoms with E-state index in [1.165, 1.54) is 0 Å². The Morgan fingerprint density at radius 2 is 1.83 bits per heavy atom. The molecular weight excluding hydrogens is 304 g/mol. The predicted octanol–water partition coefficient (Wildman–Crippen LogP) is 1.87. The molecule has 3 aliphatic rings. The molecule has 0 aromatic heterocycles. The van der Waals surface area contributed by atoms with Crippen molar-refractivity contribution >= 4 is 5.91 Å². The van der Waals surface area contributed by atoms with Gasteiger partial charge in [0.2, 0.25) is 0 Å². The Bertz CT molecular complexity index is 617. The van der Waals surface area contributed by atoms with Gasteiger partial charge in [-0.2, -0.15) is 0 Å². The lowest BCUT2D eigenvalue weighted by molar-refractivity contribution is 0.00158. The molecule has 0 saturated carbocycles. The van der Waals surface area contributed by atoms with Crippen molar-refractivity contribution in [1.29, 1.82) is 0 Å². The molecule has 4 rings (SSSR count). The molecule has 0 spiro atoms. The van der Waals surface area contributed by atoms with Crippen LogP contribution in [0.1, 0.15) is 34.3 Å². The van der Waals surface area contributed by atoms with Gasteiger partial charge < -0.3 is 14.4 Å². The summed E-state index contributed by atoms with van der Waals surface area (Å²) in [6.45, 7) is 8.19. The number of carbonyl (C=O) groups is 1. The van der Waals surface area contributed by atoms with E-state index in [9.17, 15) is 4.79 Å². The van der Waals surface area contributed by atoms with Crippen molar-refractivity contribution in [1.82, 2.24) is 9.80 Å². The zero-order valence-corrected chi connectivity index (χ0v) is 14.4. The van der Waals surface area contributed by atoms with Crippen molar-refractivity contribution in [2.75, 3.05) is 46.0 Å². The lowest BCUT2D eigenvalue weighted by Gasteiger charge is -2.40. The van der Waals surface area contributed by atoms with Gasteiger partial charge in [-0.1, -0.05) is 6.07 Å². The van der Waals surface area contributed by atoms with Gasteiger partial charge in [0.15, 0.2) is 0 Å². The van der Waals surface area contributed by atoms with Crippen molar-refractivity contribution in [2.45, 2.75) is 32.2 Å². The number of hydrogen-bond acceptors (Lipinski definition) is 4. The van der Waals surface area contributed by atoms with Crippen LogP contribution in [-0.4, -0.2) is 67.7 Å². The molecule has 1 amide bonds. The van der Waals surface area contributed by atoms with Gasteiger partial charge in [-0.05, 0) is 31.4 Å². The first-order valence-corrected chi connectivity index (χ1v) is 9.10. The number of morpholine rings is 1. The van der Waals surface area contributed by atoms with Crippen LogP contribution in [0.2, 0.25) is 0 Å². The summed E-state index contributed by atoms with van der Waals surface area (Å²) in [4.78, 5) is 17.5. The van der Waals surface area contributed by atoms with Crippen LogP contribution in [0.4, 0.5) is 0 Å². The second-order valence-corrected chi connectivity index (χ2v) is 7.01. The number of likely N-dealkylation sites (tertiary alicyclic amines) is 1. The summed E-state index contributed by atoms with van der Waals surface area (Å²) >= 11 is 0. The first-order valence-electron chi connectivity index (χ1n) is 9.10. The average Bonchev–Trinajstić information content (AvgIpc) is 3.13. The van der Waals surface area contributed by atoms with E-state index >= 15 is 0 Å². The maximum atomic E-state index is 13.0. The third-order valence-electron chi connectivity index (χ3n) is 5.60.